The van der Waals surface area contributed by atoms with Gasteiger partial charge < -0.3 is 24.6 Å². The molecular weight excluding hydrogens is 568 g/mol. The number of morpholine rings is 1. The molecule has 3 aromatic rings. The second kappa shape index (κ2) is 12.4. The Kier molecular flexibility index (Phi) is 8.41. The van der Waals surface area contributed by atoms with E-state index in [0.29, 0.717) is 42.2 Å². The van der Waals surface area contributed by atoms with Crippen LogP contribution in [0.1, 0.15) is 75.3 Å². The third-order valence-electron chi connectivity index (χ3n) is 9.14. The van der Waals surface area contributed by atoms with Crippen LogP contribution in [0.4, 0.5) is 16.6 Å². The Bertz CT molecular complexity index is 1540. The van der Waals surface area contributed by atoms with Crippen LogP contribution >= 0.6 is 11.6 Å². The predicted octanol–water partition coefficient (Wildman–Crippen LogP) is 5.62. The van der Waals surface area contributed by atoms with Crippen LogP contribution < -0.4 is 15.5 Å². The number of nitrogens with zero attached hydrogens (tertiary/aromatic N) is 5. The SMILES string of the molecule is C#CC1CCC(n2c(N3CCOCC3c3ccc(Cl)cc3)nc3nc(C(=N)NC(=O)O)nc(N[C@H](C)C4CCC4)c32)CC1. The maximum Gasteiger partial charge on any atom is 0.410 e. The highest BCUT2D eigenvalue weighted by Crippen LogP contribution is 2.42. The smallest absolute Gasteiger partial charge is 0.410 e. The van der Waals surface area contributed by atoms with Gasteiger partial charge in [-0.2, -0.15) is 4.98 Å². The Hall–Kier alpha value is -3.88. The number of aromatic nitrogens is 4. The average Bonchev–Trinajstić information content (AvgIpc) is 3.36. The lowest BCUT2D eigenvalue weighted by Gasteiger charge is -2.39. The Morgan fingerprint density at radius 3 is 2.56 bits per heavy atom. The zero-order chi connectivity index (χ0) is 30.1. The minimum absolute atomic E-state index is 0.0262. The standard InChI is InChI=1S/C31H37ClN8O3/c1-3-19-7-13-23(14-8-19)40-25-27(34-18(2)20-5-4-6-20)36-29(26(33)35-31(41)42)37-28(25)38-30(40)39-15-16-43-17-24(39)21-9-11-22(32)12-10-21/h1,9-12,18-20,23-24H,4-8,13-17H2,2H3,(H2,33,35)(H,41,42)(H,34,36,37)/t18-,19?,23?,24?/m1/s1. The van der Waals surface area contributed by atoms with Gasteiger partial charge in [-0.05, 0) is 69.1 Å². The molecule has 226 valence electrons. The monoisotopic (exact) mass is 604 g/mol. The first-order valence-corrected chi connectivity index (χ1v) is 15.4. The first-order chi connectivity index (χ1) is 20.8. The summed E-state index contributed by atoms with van der Waals surface area (Å²) in [6, 6.07) is 7.95. The Balaban J connectivity index is 1.51. The molecule has 1 amide bonds. The summed E-state index contributed by atoms with van der Waals surface area (Å²) in [7, 11) is 0. The number of rotatable bonds is 7. The number of hydrogen-bond acceptors (Lipinski definition) is 8. The molecule has 43 heavy (non-hydrogen) atoms. The normalized spacial score (nSPS) is 23.3. The third-order valence-corrected chi connectivity index (χ3v) is 9.39. The van der Waals surface area contributed by atoms with E-state index in [-0.39, 0.29) is 29.9 Å². The summed E-state index contributed by atoms with van der Waals surface area (Å²) >= 11 is 6.22. The van der Waals surface area contributed by atoms with Crippen molar-refractivity contribution in [2.45, 2.75) is 70.0 Å². The van der Waals surface area contributed by atoms with Gasteiger partial charge in [-0.25, -0.2) is 14.8 Å². The molecule has 3 heterocycles. The molecule has 2 aliphatic carbocycles. The molecule has 3 fully saturated rings. The predicted molar refractivity (Wildman–Crippen MR) is 166 cm³/mol. The van der Waals surface area contributed by atoms with Crippen molar-refractivity contribution in [3.05, 3.63) is 40.7 Å². The quantitative estimate of drug-likeness (QED) is 0.155. The number of hydrogen-bond donors (Lipinski definition) is 4. The van der Waals surface area contributed by atoms with Crippen LogP contribution in [-0.2, 0) is 4.74 Å². The number of ether oxygens (including phenoxy) is 1. The van der Waals surface area contributed by atoms with E-state index in [1.165, 1.54) is 6.42 Å². The maximum absolute atomic E-state index is 11.4. The van der Waals surface area contributed by atoms with E-state index in [1.54, 1.807) is 0 Å². The molecular formula is C31H37ClN8O3. The minimum Gasteiger partial charge on any atom is -0.465 e. The first kappa shape index (κ1) is 29.2. The minimum atomic E-state index is -1.35. The molecule has 12 heteroatoms. The Morgan fingerprint density at radius 1 is 1.16 bits per heavy atom. The average molecular weight is 605 g/mol. The maximum atomic E-state index is 11.4. The number of amides is 1. The van der Waals surface area contributed by atoms with Gasteiger partial charge in [0.05, 0.1) is 19.3 Å². The zero-order valence-corrected chi connectivity index (χ0v) is 25.0. The molecule has 0 bridgehead atoms. The van der Waals surface area contributed by atoms with Crippen LogP contribution in [0.2, 0.25) is 5.02 Å². The molecule has 1 aliphatic heterocycles. The number of carboxylic acid groups (broad SMARTS) is 1. The van der Waals surface area contributed by atoms with Crippen molar-refractivity contribution in [1.82, 2.24) is 24.8 Å². The lowest BCUT2D eigenvalue weighted by atomic mass is 9.80. The van der Waals surface area contributed by atoms with Crippen molar-refractivity contribution in [3.63, 3.8) is 0 Å². The molecule has 11 nitrogen and oxygen atoms in total. The number of halogens is 1. The second-order valence-corrected chi connectivity index (χ2v) is 12.2. The summed E-state index contributed by atoms with van der Waals surface area (Å²) in [4.78, 5) is 28.1. The molecule has 6 rings (SSSR count). The molecule has 2 saturated carbocycles. The number of carbonyl (C=O) groups is 1. The van der Waals surface area contributed by atoms with Gasteiger partial charge in [0.15, 0.2) is 23.1 Å². The summed E-state index contributed by atoms with van der Waals surface area (Å²) in [6.07, 6.45) is 11.6. The topological polar surface area (TPSA) is 141 Å². The van der Waals surface area contributed by atoms with Crippen LogP contribution in [0.3, 0.4) is 0 Å². The number of nitrogens with one attached hydrogen (secondary N) is 3. The van der Waals surface area contributed by atoms with Crippen LogP contribution in [0.15, 0.2) is 24.3 Å². The zero-order valence-electron chi connectivity index (χ0n) is 24.2. The summed E-state index contributed by atoms with van der Waals surface area (Å²) in [5.41, 5.74) is 2.24. The fraction of sp³-hybridized carbons (Fsp3) is 0.516. The molecule has 1 saturated heterocycles. The van der Waals surface area contributed by atoms with Crippen LogP contribution in [0, 0.1) is 29.6 Å². The molecule has 3 aliphatic rings. The number of benzene rings is 1. The molecule has 1 unspecified atom stereocenters. The lowest BCUT2D eigenvalue weighted by Crippen LogP contribution is -2.41. The number of terminal acetylenes is 1. The van der Waals surface area contributed by atoms with Crippen molar-refractivity contribution >= 4 is 46.5 Å². The van der Waals surface area contributed by atoms with Crippen molar-refractivity contribution in [1.29, 1.82) is 5.41 Å². The fourth-order valence-corrected chi connectivity index (χ4v) is 6.62. The summed E-state index contributed by atoms with van der Waals surface area (Å²) < 4.78 is 8.22. The van der Waals surface area contributed by atoms with Crippen molar-refractivity contribution in [2.75, 3.05) is 30.0 Å². The molecule has 0 spiro atoms. The molecule has 0 radical (unpaired) electrons. The van der Waals surface area contributed by atoms with Crippen molar-refractivity contribution < 1.29 is 14.6 Å². The first-order valence-electron chi connectivity index (χ1n) is 15.0. The number of imidazole rings is 1. The van der Waals surface area contributed by atoms with E-state index in [1.807, 2.05) is 24.3 Å². The van der Waals surface area contributed by atoms with E-state index >= 15 is 0 Å². The molecule has 2 aromatic heterocycles. The highest BCUT2D eigenvalue weighted by molar-refractivity contribution is 6.30. The van der Waals surface area contributed by atoms with Gasteiger partial charge in [-0.15, -0.1) is 12.3 Å². The van der Waals surface area contributed by atoms with Crippen molar-refractivity contribution in [3.8, 4) is 12.3 Å². The van der Waals surface area contributed by atoms with Gasteiger partial charge in [0.25, 0.3) is 0 Å². The summed E-state index contributed by atoms with van der Waals surface area (Å²) in [5, 5.41) is 24.0. The summed E-state index contributed by atoms with van der Waals surface area (Å²) in [5.74, 6) is 4.60. The third kappa shape index (κ3) is 5.99. The van der Waals surface area contributed by atoms with E-state index in [2.05, 4.69) is 37.9 Å². The summed E-state index contributed by atoms with van der Waals surface area (Å²) in [6.45, 7) is 3.80. The van der Waals surface area contributed by atoms with E-state index in [4.69, 9.17) is 38.1 Å². The molecule has 1 aromatic carbocycles. The Labute approximate surface area is 255 Å². The Morgan fingerprint density at radius 2 is 1.91 bits per heavy atom. The van der Waals surface area contributed by atoms with Gasteiger partial charge >= 0.3 is 6.09 Å². The highest BCUT2D eigenvalue weighted by Gasteiger charge is 2.35. The fourth-order valence-electron chi connectivity index (χ4n) is 6.49. The van der Waals surface area contributed by atoms with Gasteiger partial charge in [-0.1, -0.05) is 30.2 Å². The van der Waals surface area contributed by atoms with Crippen LogP contribution in [0.25, 0.3) is 11.2 Å². The van der Waals surface area contributed by atoms with E-state index < -0.39 is 11.9 Å². The largest absolute Gasteiger partial charge is 0.465 e. The van der Waals surface area contributed by atoms with Crippen molar-refractivity contribution in [2.24, 2.45) is 11.8 Å². The van der Waals surface area contributed by atoms with Gasteiger partial charge in [0, 0.05) is 29.6 Å². The van der Waals surface area contributed by atoms with Crippen LogP contribution in [0.5, 0.6) is 0 Å². The highest BCUT2D eigenvalue weighted by atomic mass is 35.5. The number of anilines is 2. The lowest BCUT2D eigenvalue weighted by molar-refractivity contribution is 0.0925. The second-order valence-electron chi connectivity index (χ2n) is 11.8. The number of fused-ring (bicyclic) bond motifs is 1. The van der Waals surface area contributed by atoms with Gasteiger partial charge in [-0.3, -0.25) is 10.7 Å². The van der Waals surface area contributed by atoms with E-state index in [0.717, 1.165) is 55.6 Å². The molecule has 4 N–H and O–H groups in total. The number of amidine groups is 1. The van der Waals surface area contributed by atoms with E-state index in [9.17, 15) is 9.90 Å². The van der Waals surface area contributed by atoms with Gasteiger partial charge in [0.2, 0.25) is 5.95 Å². The van der Waals surface area contributed by atoms with Crippen LogP contribution in [-0.4, -0.2) is 62.4 Å². The van der Waals surface area contributed by atoms with Gasteiger partial charge in [0.1, 0.15) is 5.52 Å². The molecule has 2 atom stereocenters.